The van der Waals surface area contributed by atoms with Crippen molar-refractivity contribution in [3.63, 3.8) is 0 Å². The molecular weight excluding hydrogens is 1750 g/mol. The van der Waals surface area contributed by atoms with Gasteiger partial charge in [0.1, 0.15) is 36.8 Å². The number of imidazole rings is 1. The van der Waals surface area contributed by atoms with Crippen LogP contribution in [0.5, 0.6) is 0 Å². The SMILES string of the molecule is C.C.C.Cc1ccc(CNc2ncc([N+](=O)[O-])c(NCC3CCC(N)CC3)n2)cn1.Cc1cccc(CNc2ncc([N+](=O)[O-])c(NCC3CCC(N)CC3)n2)n1.Cc1cccnc1CNc1ncc([N+](=O)[O-])c(NCC2CCC(N)CC2)n1.Cc1cncc(CNc2ncc([N+](=O)[O-])c(NCC3CCC(N)CC3)n2)c1.NC1CCC(CNc2nc(NCc3ncc[nH]3)ncc2[N+](=O)[O-])CC1. The topological polar surface area (TPSA) is 675 Å². The Hall–Kier alpha value is -14.0. The molecule has 10 aromatic rings. The van der Waals surface area contributed by atoms with E-state index in [2.05, 4.69) is 133 Å². The number of H-pyrrole nitrogens is 1. The molecule has 0 aliphatic heterocycles. The Kier molecular flexibility index (Phi) is 43.4. The molecule has 46 heteroatoms. The molecule has 0 amide bonds. The molecule has 0 atom stereocenters. The van der Waals surface area contributed by atoms with E-state index < -0.39 is 24.6 Å². The summed E-state index contributed by atoms with van der Waals surface area (Å²) in [4.78, 5) is 120. The lowest BCUT2D eigenvalue weighted by Gasteiger charge is -2.26. The molecule has 5 fully saturated rings. The van der Waals surface area contributed by atoms with Gasteiger partial charge >= 0.3 is 28.4 Å². The van der Waals surface area contributed by atoms with Gasteiger partial charge in [0.2, 0.25) is 58.8 Å². The van der Waals surface area contributed by atoms with Gasteiger partial charge in [0.25, 0.3) is 0 Å². The molecule has 5 saturated carbocycles. The highest BCUT2D eigenvalue weighted by molar-refractivity contribution is 5.61. The molecule has 0 bridgehead atoms. The van der Waals surface area contributed by atoms with Gasteiger partial charge in [-0.2, -0.15) is 24.9 Å². The molecule has 46 nitrogen and oxygen atoms in total. The number of aromatic amines is 1. The van der Waals surface area contributed by atoms with E-state index in [9.17, 15) is 50.6 Å². The molecule has 15 rings (SSSR count). The molecule has 0 saturated heterocycles. The van der Waals surface area contributed by atoms with E-state index in [-0.39, 0.29) is 110 Å². The molecule has 0 radical (unpaired) electrons. The number of anilines is 10. The van der Waals surface area contributed by atoms with Crippen molar-refractivity contribution in [2.75, 3.05) is 85.9 Å². The minimum absolute atomic E-state index is 0. The van der Waals surface area contributed by atoms with Crippen molar-refractivity contribution in [2.45, 2.75) is 241 Å². The number of aryl methyl sites for hydroxylation is 4. The van der Waals surface area contributed by atoms with Gasteiger partial charge in [0.05, 0.1) is 55.6 Å². The number of nitrogens with zero attached hydrogens (tertiary/aromatic N) is 20. The zero-order valence-electron chi connectivity index (χ0n) is 75.4. The van der Waals surface area contributed by atoms with Crippen LogP contribution in [0.4, 0.5) is 87.3 Å². The van der Waals surface area contributed by atoms with Crippen LogP contribution < -0.4 is 81.8 Å². The van der Waals surface area contributed by atoms with Gasteiger partial charge in [-0.15, -0.1) is 0 Å². The number of hydrogen-bond acceptors (Lipinski definition) is 40. The van der Waals surface area contributed by atoms with E-state index >= 15 is 0 Å². The minimum atomic E-state index is -0.477. The molecule has 734 valence electrons. The quantitative estimate of drug-likeness (QED) is 0.0130. The van der Waals surface area contributed by atoms with Gasteiger partial charge in [0.15, 0.2) is 0 Å². The molecule has 5 aliphatic carbocycles. The van der Waals surface area contributed by atoms with Crippen molar-refractivity contribution in [2.24, 2.45) is 58.3 Å². The van der Waals surface area contributed by atoms with Crippen molar-refractivity contribution < 1.29 is 24.6 Å². The first kappa shape index (κ1) is 107. The Bertz CT molecular complexity index is 5230. The van der Waals surface area contributed by atoms with E-state index in [4.69, 9.17) is 28.7 Å². The lowest BCUT2D eigenvalue weighted by Crippen LogP contribution is -2.29. The lowest BCUT2D eigenvalue weighted by atomic mass is 9.86. The average molecular weight is 1880 g/mol. The third-order valence-electron chi connectivity index (χ3n) is 23.8. The fourth-order valence-electron chi connectivity index (χ4n) is 15.8. The molecule has 5 aliphatic rings. The van der Waals surface area contributed by atoms with Gasteiger partial charge in [-0.1, -0.05) is 46.5 Å². The standard InChI is InChI=1S/4C18H25N7O2.C15H22N8O2.3CH4/c1-12-6-14(8-20-7-12)10-22-18-23-11-16(25(26)27)17(24-18)21-9-13-2-4-15(19)5-3-13;1-12-2-3-14(9-20-12)10-22-18-23-11-16(25(26)27)17(24-18)21-8-13-4-6-15(19)7-5-13;1-12-3-2-8-20-15(12)10-22-18-23-11-16(25(26)27)17(24-18)21-9-13-4-6-14(19)7-5-13;1-12-3-2-4-15(23-12)10-21-18-22-11-16(25(26)27)17(24-18)20-9-13-5-7-14(19)8-6-13;16-11-3-1-10(2-4-11)7-19-14-12(23(24)25)8-20-15(22-14)21-9-13-17-5-6-18-13;;;/h6-8,11,13,15H,2-5,9-10,19H2,1H3,(H2,21,22,23,24);2-3,9,11,13,15H,4-8,10,19H2,1H3,(H2,21,22,23,24);2-3,8,11,13-14H,4-7,9-10,19H2,1H3,(H2,21,22,23,24);2-4,11,13-14H,5-10,19H2,1H3,(H2,20,21,22,24);5-6,8,10-11H,1-4,7,9,16H2,(H,17,18)(H2,19,20,21,22);3*1H4. The number of rotatable bonds is 35. The molecule has 136 heavy (non-hydrogen) atoms. The van der Waals surface area contributed by atoms with E-state index in [0.29, 0.717) is 125 Å². The summed E-state index contributed by atoms with van der Waals surface area (Å²) in [5, 5.41) is 87.4. The van der Waals surface area contributed by atoms with E-state index in [0.717, 1.165) is 179 Å². The second-order valence-corrected chi connectivity index (χ2v) is 34.3. The van der Waals surface area contributed by atoms with Gasteiger partial charge in [-0.25, -0.2) is 29.9 Å². The van der Waals surface area contributed by atoms with Crippen LogP contribution in [0.1, 0.15) is 202 Å². The molecule has 0 unspecified atom stereocenters. The summed E-state index contributed by atoms with van der Waals surface area (Å²) in [6.07, 6.45) is 36.8. The van der Waals surface area contributed by atoms with Crippen LogP contribution in [0, 0.1) is 108 Å². The summed E-state index contributed by atoms with van der Waals surface area (Å²) < 4.78 is 0. The normalized spacial score (nSPS) is 19.2. The first-order valence-corrected chi connectivity index (χ1v) is 45.0. The van der Waals surface area contributed by atoms with Crippen LogP contribution in [0.15, 0.2) is 117 Å². The maximum Gasteiger partial charge on any atom is 0.329 e. The molecule has 0 aromatic carbocycles. The first-order chi connectivity index (χ1) is 64.2. The van der Waals surface area contributed by atoms with Gasteiger partial charge in [-0.05, 0) is 232 Å². The van der Waals surface area contributed by atoms with E-state index in [1.807, 2.05) is 76.2 Å². The van der Waals surface area contributed by atoms with Crippen LogP contribution in [0.25, 0.3) is 0 Å². The number of pyridine rings is 4. The maximum atomic E-state index is 11.3. The van der Waals surface area contributed by atoms with Crippen molar-refractivity contribution >= 4 is 87.3 Å². The first-order valence-electron chi connectivity index (χ1n) is 45.0. The highest BCUT2D eigenvalue weighted by atomic mass is 16.6. The van der Waals surface area contributed by atoms with E-state index in [1.165, 1.54) is 31.0 Å². The summed E-state index contributed by atoms with van der Waals surface area (Å²) in [6.45, 7) is 13.3. The zero-order chi connectivity index (χ0) is 94.5. The highest BCUT2D eigenvalue weighted by Crippen LogP contribution is 2.34. The Morgan fingerprint density at radius 2 is 0.676 bits per heavy atom. The van der Waals surface area contributed by atoms with Gasteiger partial charge in [0, 0.05) is 125 Å². The fraction of sp³-hybridized carbons (Fsp3) is 0.522. The summed E-state index contributed by atoms with van der Waals surface area (Å²) in [5.74, 6) is 5.86. The Labute approximate surface area is 791 Å². The van der Waals surface area contributed by atoms with Crippen LogP contribution in [-0.4, -0.2) is 167 Å². The number of nitro groups is 5. The molecular formula is C90H134N36O10. The van der Waals surface area contributed by atoms with Crippen molar-refractivity contribution in [1.29, 1.82) is 0 Å². The van der Waals surface area contributed by atoms with E-state index in [1.54, 1.807) is 37.2 Å². The monoisotopic (exact) mass is 1880 g/mol. The number of aromatic nitrogens is 16. The summed E-state index contributed by atoms with van der Waals surface area (Å²) in [5.41, 5.74) is 36.7. The molecule has 0 spiro atoms. The third kappa shape index (κ3) is 35.4. The largest absolute Gasteiger partial charge is 0.364 e. The Morgan fingerprint density at radius 3 is 0.993 bits per heavy atom. The van der Waals surface area contributed by atoms with Crippen molar-refractivity contribution in [3.05, 3.63) is 218 Å². The maximum absolute atomic E-state index is 11.3. The third-order valence-corrected chi connectivity index (χ3v) is 23.8. The second-order valence-electron chi connectivity index (χ2n) is 34.3. The smallest absolute Gasteiger partial charge is 0.329 e. The highest BCUT2D eigenvalue weighted by Gasteiger charge is 2.29. The fourth-order valence-corrected chi connectivity index (χ4v) is 15.8. The number of hydrogen-bond donors (Lipinski definition) is 16. The molecule has 10 aromatic heterocycles. The van der Waals surface area contributed by atoms with Crippen LogP contribution >= 0.6 is 0 Å². The predicted molar refractivity (Wildman–Crippen MR) is 527 cm³/mol. The number of nitrogens with one attached hydrogen (secondary N) is 11. The minimum Gasteiger partial charge on any atom is -0.364 e. The predicted octanol–water partition coefficient (Wildman–Crippen LogP) is 14.1. The summed E-state index contributed by atoms with van der Waals surface area (Å²) >= 11 is 0. The Morgan fingerprint density at radius 1 is 0.331 bits per heavy atom. The number of nitrogens with two attached hydrogens (primary N) is 5. The van der Waals surface area contributed by atoms with Gasteiger partial charge in [-0.3, -0.25) is 70.5 Å². The van der Waals surface area contributed by atoms with Crippen molar-refractivity contribution in [1.82, 2.24) is 79.7 Å². The zero-order valence-corrected chi connectivity index (χ0v) is 75.4. The summed E-state index contributed by atoms with van der Waals surface area (Å²) in [7, 11) is 0. The second kappa shape index (κ2) is 55.0. The van der Waals surface area contributed by atoms with Gasteiger partial charge < -0.3 is 86.8 Å². The Balaban J connectivity index is 0.000000208. The summed E-state index contributed by atoms with van der Waals surface area (Å²) in [6, 6.07) is 16.9. The molecule has 10 heterocycles. The average Bonchev–Trinajstić information content (AvgIpc) is 0.908. The van der Waals surface area contributed by atoms with Crippen LogP contribution in [0.2, 0.25) is 0 Å². The van der Waals surface area contributed by atoms with Crippen LogP contribution in [0.3, 0.4) is 0 Å². The molecule has 21 N–H and O–H groups in total. The van der Waals surface area contributed by atoms with Crippen LogP contribution in [-0.2, 0) is 32.7 Å². The van der Waals surface area contributed by atoms with Crippen molar-refractivity contribution in [3.8, 4) is 0 Å². The lowest BCUT2D eigenvalue weighted by molar-refractivity contribution is -0.384.